The van der Waals surface area contributed by atoms with E-state index in [2.05, 4.69) is 17.6 Å². The molecule has 1 aromatic rings. The lowest BCUT2D eigenvalue weighted by molar-refractivity contribution is -0.119. The maximum atomic E-state index is 12.2. The normalized spacial score (nSPS) is 23.7. The molecule has 2 atom stereocenters. The third kappa shape index (κ3) is 3.03. The second-order valence-electron chi connectivity index (χ2n) is 5.00. The first-order valence-electron chi connectivity index (χ1n) is 6.38. The van der Waals surface area contributed by atoms with E-state index in [9.17, 15) is 4.79 Å². The Morgan fingerprint density at radius 1 is 1.50 bits per heavy atom. The van der Waals surface area contributed by atoms with Crippen molar-refractivity contribution in [3.63, 3.8) is 0 Å². The summed E-state index contributed by atoms with van der Waals surface area (Å²) in [4.78, 5) is 12.2. The van der Waals surface area contributed by atoms with Crippen molar-refractivity contribution in [1.82, 2.24) is 5.32 Å². The number of aryl methyl sites for hydroxylation is 1. The van der Waals surface area contributed by atoms with Crippen molar-refractivity contribution in [2.24, 2.45) is 5.92 Å². The zero-order chi connectivity index (χ0) is 13.1. The third-order valence-corrected chi connectivity index (χ3v) is 3.90. The van der Waals surface area contributed by atoms with Crippen LogP contribution >= 0.6 is 11.6 Å². The monoisotopic (exact) mass is 266 g/mol. The molecule has 2 N–H and O–H groups in total. The summed E-state index contributed by atoms with van der Waals surface area (Å²) in [6.45, 7) is 4.97. The molecule has 98 valence electrons. The summed E-state index contributed by atoms with van der Waals surface area (Å²) in [7, 11) is 0. The van der Waals surface area contributed by atoms with Gasteiger partial charge >= 0.3 is 0 Å². The lowest BCUT2D eigenvalue weighted by atomic mass is 9.92. The summed E-state index contributed by atoms with van der Waals surface area (Å²) < 4.78 is 0. The lowest BCUT2D eigenvalue weighted by Gasteiger charge is -2.28. The van der Waals surface area contributed by atoms with E-state index >= 15 is 0 Å². The van der Waals surface area contributed by atoms with E-state index < -0.39 is 0 Å². The SMILES string of the molecule is Cc1ccc(NC(=O)C2NCCCC2C)cc1Cl. The number of nitrogens with one attached hydrogen (secondary N) is 2. The number of carbonyl (C=O) groups is 1. The van der Waals surface area contributed by atoms with E-state index in [4.69, 9.17) is 11.6 Å². The van der Waals surface area contributed by atoms with Crippen LogP contribution in [0.2, 0.25) is 5.02 Å². The van der Waals surface area contributed by atoms with Crippen molar-refractivity contribution < 1.29 is 4.79 Å². The lowest BCUT2D eigenvalue weighted by Crippen LogP contribution is -2.48. The number of carbonyl (C=O) groups excluding carboxylic acids is 1. The van der Waals surface area contributed by atoms with Crippen LogP contribution in [0.15, 0.2) is 18.2 Å². The molecule has 0 radical (unpaired) electrons. The summed E-state index contributed by atoms with van der Waals surface area (Å²) in [5, 5.41) is 6.87. The van der Waals surface area contributed by atoms with Gasteiger partial charge in [-0.3, -0.25) is 4.79 Å². The number of benzene rings is 1. The van der Waals surface area contributed by atoms with Crippen molar-refractivity contribution in [3.05, 3.63) is 28.8 Å². The van der Waals surface area contributed by atoms with Gasteiger partial charge in [-0.1, -0.05) is 24.6 Å². The fraction of sp³-hybridized carbons (Fsp3) is 0.500. The molecule has 18 heavy (non-hydrogen) atoms. The summed E-state index contributed by atoms with van der Waals surface area (Å²) >= 11 is 6.04. The van der Waals surface area contributed by atoms with E-state index in [0.717, 1.165) is 30.6 Å². The molecule has 1 aliphatic heterocycles. The van der Waals surface area contributed by atoms with Gasteiger partial charge in [-0.05, 0) is 49.9 Å². The van der Waals surface area contributed by atoms with Gasteiger partial charge in [0.25, 0.3) is 0 Å². The van der Waals surface area contributed by atoms with E-state index in [1.165, 1.54) is 0 Å². The topological polar surface area (TPSA) is 41.1 Å². The Bertz CT molecular complexity index is 447. The zero-order valence-electron chi connectivity index (χ0n) is 10.8. The Labute approximate surface area is 113 Å². The molecule has 1 saturated heterocycles. The number of halogens is 1. The Kier molecular flexibility index (Phi) is 4.25. The van der Waals surface area contributed by atoms with E-state index in [-0.39, 0.29) is 11.9 Å². The van der Waals surface area contributed by atoms with Crippen LogP contribution in [0.25, 0.3) is 0 Å². The van der Waals surface area contributed by atoms with Gasteiger partial charge in [0.15, 0.2) is 0 Å². The van der Waals surface area contributed by atoms with Crippen LogP contribution in [-0.2, 0) is 4.79 Å². The quantitative estimate of drug-likeness (QED) is 0.864. The first kappa shape index (κ1) is 13.4. The van der Waals surface area contributed by atoms with Crippen molar-refractivity contribution in [1.29, 1.82) is 0 Å². The molecule has 1 amide bonds. The number of rotatable bonds is 2. The fourth-order valence-corrected chi connectivity index (χ4v) is 2.47. The summed E-state index contributed by atoms with van der Waals surface area (Å²) in [6.07, 6.45) is 2.24. The largest absolute Gasteiger partial charge is 0.325 e. The van der Waals surface area contributed by atoms with Crippen LogP contribution < -0.4 is 10.6 Å². The Morgan fingerprint density at radius 3 is 2.94 bits per heavy atom. The van der Waals surface area contributed by atoms with Gasteiger partial charge in [0.05, 0.1) is 6.04 Å². The Hall–Kier alpha value is -1.06. The standard InChI is InChI=1S/C14H19ClN2O/c1-9-5-6-11(8-12(9)15)17-14(18)13-10(2)4-3-7-16-13/h5-6,8,10,13,16H,3-4,7H2,1-2H3,(H,17,18). The summed E-state index contributed by atoms with van der Waals surface area (Å²) in [5.74, 6) is 0.404. The average Bonchev–Trinajstić information content (AvgIpc) is 2.34. The minimum atomic E-state index is -0.0983. The second-order valence-corrected chi connectivity index (χ2v) is 5.41. The maximum Gasteiger partial charge on any atom is 0.241 e. The van der Waals surface area contributed by atoms with Crippen molar-refractivity contribution >= 4 is 23.2 Å². The van der Waals surface area contributed by atoms with Gasteiger partial charge < -0.3 is 10.6 Å². The smallest absolute Gasteiger partial charge is 0.241 e. The highest BCUT2D eigenvalue weighted by molar-refractivity contribution is 6.31. The van der Waals surface area contributed by atoms with Gasteiger partial charge in [-0.2, -0.15) is 0 Å². The van der Waals surface area contributed by atoms with Gasteiger partial charge in [0.1, 0.15) is 0 Å². The van der Waals surface area contributed by atoms with E-state index in [1.807, 2.05) is 19.1 Å². The molecule has 0 spiro atoms. The minimum absolute atomic E-state index is 0.0297. The maximum absolute atomic E-state index is 12.2. The fourth-order valence-electron chi connectivity index (χ4n) is 2.29. The second kappa shape index (κ2) is 5.72. The molecule has 2 rings (SSSR count). The molecule has 1 fully saturated rings. The van der Waals surface area contributed by atoms with E-state index in [1.54, 1.807) is 6.07 Å². The molecule has 0 bridgehead atoms. The number of hydrogen-bond donors (Lipinski definition) is 2. The van der Waals surface area contributed by atoms with Crippen LogP contribution in [0.3, 0.4) is 0 Å². The van der Waals surface area contributed by atoms with E-state index in [0.29, 0.717) is 10.9 Å². The average molecular weight is 267 g/mol. The molecule has 3 nitrogen and oxygen atoms in total. The van der Waals surface area contributed by atoms with Gasteiger partial charge in [-0.15, -0.1) is 0 Å². The molecular weight excluding hydrogens is 248 g/mol. The Morgan fingerprint density at radius 2 is 2.28 bits per heavy atom. The molecule has 0 saturated carbocycles. The van der Waals surface area contributed by atoms with Crippen molar-refractivity contribution in [3.8, 4) is 0 Å². The first-order valence-corrected chi connectivity index (χ1v) is 6.76. The highest BCUT2D eigenvalue weighted by Gasteiger charge is 2.27. The number of anilines is 1. The molecule has 1 heterocycles. The third-order valence-electron chi connectivity index (χ3n) is 3.49. The Balaban J connectivity index is 2.04. The predicted molar refractivity (Wildman–Crippen MR) is 75.0 cm³/mol. The number of hydrogen-bond acceptors (Lipinski definition) is 2. The van der Waals surface area contributed by atoms with Crippen molar-refractivity contribution in [2.75, 3.05) is 11.9 Å². The van der Waals surface area contributed by atoms with Gasteiger partial charge in [-0.25, -0.2) is 0 Å². The minimum Gasteiger partial charge on any atom is -0.325 e. The molecule has 1 aromatic carbocycles. The summed E-state index contributed by atoms with van der Waals surface area (Å²) in [6, 6.07) is 5.49. The highest BCUT2D eigenvalue weighted by atomic mass is 35.5. The molecule has 2 unspecified atom stereocenters. The molecule has 0 aliphatic carbocycles. The summed E-state index contributed by atoms with van der Waals surface area (Å²) in [5.41, 5.74) is 1.77. The van der Waals surface area contributed by atoms with Crippen LogP contribution in [0, 0.1) is 12.8 Å². The molecular formula is C14H19ClN2O. The zero-order valence-corrected chi connectivity index (χ0v) is 11.6. The molecule has 1 aliphatic rings. The predicted octanol–water partition coefficient (Wildman–Crippen LogP) is 2.98. The van der Waals surface area contributed by atoms with Gasteiger partial charge in [0, 0.05) is 10.7 Å². The van der Waals surface area contributed by atoms with Crippen LogP contribution in [-0.4, -0.2) is 18.5 Å². The van der Waals surface area contributed by atoms with Gasteiger partial charge in [0.2, 0.25) is 5.91 Å². The van der Waals surface area contributed by atoms with Crippen LogP contribution in [0.1, 0.15) is 25.3 Å². The van der Waals surface area contributed by atoms with Crippen LogP contribution in [0.4, 0.5) is 5.69 Å². The number of piperidine rings is 1. The number of amides is 1. The van der Waals surface area contributed by atoms with Crippen molar-refractivity contribution in [2.45, 2.75) is 32.7 Å². The van der Waals surface area contributed by atoms with Crippen LogP contribution in [0.5, 0.6) is 0 Å². The first-order chi connectivity index (χ1) is 8.58. The molecule has 0 aromatic heterocycles. The highest BCUT2D eigenvalue weighted by Crippen LogP contribution is 2.21. The molecule has 4 heteroatoms.